The van der Waals surface area contributed by atoms with Gasteiger partial charge in [0.2, 0.25) is 0 Å². The number of carboxylic acids is 1. The number of methoxy groups -OCH3 is 1. The van der Waals surface area contributed by atoms with E-state index in [1.807, 2.05) is 0 Å². The molecule has 1 unspecified atom stereocenters. The number of nitro benzene ring substituents is 1. The van der Waals surface area contributed by atoms with Crippen LogP contribution in [0.5, 0.6) is 5.75 Å². The summed E-state index contributed by atoms with van der Waals surface area (Å²) in [5.74, 6) is -1.26. The number of carbonyl (C=O) groups is 1. The van der Waals surface area contributed by atoms with Gasteiger partial charge in [-0.3, -0.25) is 14.9 Å². The van der Waals surface area contributed by atoms with Gasteiger partial charge in [-0.1, -0.05) is 6.07 Å². The quantitative estimate of drug-likeness (QED) is 0.590. The third kappa shape index (κ3) is 2.91. The fourth-order valence-corrected chi connectivity index (χ4v) is 1.44. The first-order chi connectivity index (χ1) is 7.97. The lowest BCUT2D eigenvalue weighted by atomic mass is 10.0. The Labute approximate surface area is 96.4 Å². The molecule has 0 saturated carbocycles. The van der Waals surface area contributed by atoms with Gasteiger partial charge in [0, 0.05) is 0 Å². The molecule has 0 saturated heterocycles. The van der Waals surface area contributed by atoms with Gasteiger partial charge in [-0.05, 0) is 12.1 Å². The zero-order valence-electron chi connectivity index (χ0n) is 8.99. The van der Waals surface area contributed by atoms with Crippen LogP contribution in [0.4, 0.5) is 5.69 Å². The summed E-state index contributed by atoms with van der Waals surface area (Å²) in [4.78, 5) is 20.6. The second-order valence-electron chi connectivity index (χ2n) is 3.27. The minimum absolute atomic E-state index is 0.0167. The molecule has 17 heavy (non-hydrogen) atoms. The fourth-order valence-electron chi connectivity index (χ4n) is 1.44. The molecule has 7 heteroatoms. The van der Waals surface area contributed by atoms with Crippen molar-refractivity contribution in [3.63, 3.8) is 0 Å². The first kappa shape index (κ1) is 12.9. The van der Waals surface area contributed by atoms with E-state index in [1.54, 1.807) is 0 Å². The topological polar surface area (TPSA) is 110 Å². The number of hydrogen-bond acceptors (Lipinski definition) is 5. The number of carboxylic acid groups (broad SMARTS) is 1. The summed E-state index contributed by atoms with van der Waals surface area (Å²) in [5.41, 5.74) is -0.486. The fraction of sp³-hybridized carbons (Fsp3) is 0.300. The summed E-state index contributed by atoms with van der Waals surface area (Å²) in [6.45, 7) is 0. The minimum Gasteiger partial charge on any atom is -0.490 e. The molecule has 0 aromatic heterocycles. The first-order valence-electron chi connectivity index (χ1n) is 4.68. The van der Waals surface area contributed by atoms with Gasteiger partial charge in [0.25, 0.3) is 0 Å². The van der Waals surface area contributed by atoms with Crippen LogP contribution in [0.25, 0.3) is 0 Å². The van der Waals surface area contributed by atoms with Gasteiger partial charge >= 0.3 is 11.7 Å². The Balaban J connectivity index is 3.22. The van der Waals surface area contributed by atoms with Crippen molar-refractivity contribution in [2.24, 2.45) is 0 Å². The number of rotatable bonds is 5. The van der Waals surface area contributed by atoms with Gasteiger partial charge < -0.3 is 14.9 Å². The molecule has 0 fully saturated rings. The van der Waals surface area contributed by atoms with Crippen molar-refractivity contribution in [1.29, 1.82) is 0 Å². The van der Waals surface area contributed by atoms with Crippen LogP contribution < -0.4 is 4.74 Å². The Morgan fingerprint density at radius 1 is 1.59 bits per heavy atom. The van der Waals surface area contributed by atoms with Gasteiger partial charge in [0.15, 0.2) is 5.75 Å². The molecule has 0 amide bonds. The molecule has 1 rings (SSSR count). The lowest BCUT2D eigenvalue weighted by molar-refractivity contribution is -0.387. The summed E-state index contributed by atoms with van der Waals surface area (Å²) in [5, 5.41) is 29.0. The summed E-state index contributed by atoms with van der Waals surface area (Å²) in [6, 6.07) is 4.12. The van der Waals surface area contributed by atoms with Gasteiger partial charge in [-0.2, -0.15) is 0 Å². The Morgan fingerprint density at radius 3 is 2.71 bits per heavy atom. The van der Waals surface area contributed by atoms with E-state index in [4.69, 9.17) is 9.84 Å². The van der Waals surface area contributed by atoms with Crippen molar-refractivity contribution in [2.45, 2.75) is 12.5 Å². The maximum Gasteiger partial charge on any atom is 0.316 e. The number of hydrogen-bond donors (Lipinski definition) is 2. The summed E-state index contributed by atoms with van der Waals surface area (Å²) in [6.07, 6.45) is -2.04. The van der Waals surface area contributed by atoms with E-state index in [-0.39, 0.29) is 11.3 Å². The van der Waals surface area contributed by atoms with E-state index < -0.39 is 29.1 Å². The number of aliphatic hydroxyl groups excluding tert-OH is 1. The predicted molar refractivity (Wildman–Crippen MR) is 56.9 cm³/mol. The average molecular weight is 241 g/mol. The third-order valence-electron chi connectivity index (χ3n) is 2.16. The molecule has 0 aliphatic rings. The van der Waals surface area contributed by atoms with Crippen molar-refractivity contribution in [2.75, 3.05) is 7.11 Å². The normalized spacial score (nSPS) is 11.9. The average Bonchev–Trinajstić information content (AvgIpc) is 2.26. The van der Waals surface area contributed by atoms with Crippen LogP contribution in [0.15, 0.2) is 18.2 Å². The molecule has 0 bridgehead atoms. The second-order valence-corrected chi connectivity index (χ2v) is 3.27. The Kier molecular flexibility index (Phi) is 4.00. The summed E-state index contributed by atoms with van der Waals surface area (Å²) >= 11 is 0. The number of para-hydroxylation sites is 1. The monoisotopic (exact) mass is 241 g/mol. The summed E-state index contributed by atoms with van der Waals surface area (Å²) < 4.78 is 4.80. The van der Waals surface area contributed by atoms with E-state index in [9.17, 15) is 20.0 Å². The smallest absolute Gasteiger partial charge is 0.316 e. The van der Waals surface area contributed by atoms with Crippen LogP contribution in [-0.4, -0.2) is 28.2 Å². The van der Waals surface area contributed by atoms with E-state index in [2.05, 4.69) is 0 Å². The highest BCUT2D eigenvalue weighted by Gasteiger charge is 2.26. The molecule has 1 aromatic carbocycles. The Hall–Kier alpha value is -2.15. The van der Waals surface area contributed by atoms with Crippen molar-refractivity contribution in [3.05, 3.63) is 33.9 Å². The van der Waals surface area contributed by atoms with Gasteiger partial charge in [0.05, 0.1) is 30.1 Å². The van der Waals surface area contributed by atoms with Crippen LogP contribution in [0.1, 0.15) is 18.1 Å². The van der Waals surface area contributed by atoms with Crippen LogP contribution in [0.3, 0.4) is 0 Å². The molecule has 0 heterocycles. The van der Waals surface area contributed by atoms with Gasteiger partial charge in [-0.25, -0.2) is 0 Å². The van der Waals surface area contributed by atoms with Crippen molar-refractivity contribution >= 4 is 11.7 Å². The van der Waals surface area contributed by atoms with Crippen LogP contribution >= 0.6 is 0 Å². The number of aliphatic hydroxyl groups is 1. The molecule has 7 nitrogen and oxygen atoms in total. The number of nitro groups is 1. The Bertz CT molecular complexity index is 444. The molecular weight excluding hydrogens is 230 g/mol. The maximum absolute atomic E-state index is 10.9. The maximum atomic E-state index is 10.9. The largest absolute Gasteiger partial charge is 0.490 e. The van der Waals surface area contributed by atoms with Gasteiger partial charge in [-0.15, -0.1) is 0 Å². The number of aliphatic carboxylic acids is 1. The lowest BCUT2D eigenvalue weighted by Gasteiger charge is -2.10. The molecule has 0 aliphatic heterocycles. The second kappa shape index (κ2) is 5.26. The SMILES string of the molecule is COc1cccc(C(O)CC(=O)O)c1[N+](=O)[O-]. The highest BCUT2D eigenvalue weighted by atomic mass is 16.6. The first-order valence-corrected chi connectivity index (χ1v) is 4.68. The predicted octanol–water partition coefficient (Wildman–Crippen LogP) is 1.11. The molecule has 1 atom stereocenters. The molecule has 1 aromatic rings. The zero-order valence-corrected chi connectivity index (χ0v) is 8.99. The Morgan fingerprint density at radius 2 is 2.24 bits per heavy atom. The van der Waals surface area contributed by atoms with Crippen molar-refractivity contribution in [3.8, 4) is 5.75 Å². The van der Waals surface area contributed by atoms with E-state index in [0.717, 1.165) is 0 Å². The molecule has 0 radical (unpaired) electrons. The van der Waals surface area contributed by atoms with Crippen LogP contribution in [-0.2, 0) is 4.79 Å². The molecule has 0 aliphatic carbocycles. The van der Waals surface area contributed by atoms with E-state index in [0.29, 0.717) is 0 Å². The van der Waals surface area contributed by atoms with Gasteiger partial charge in [0.1, 0.15) is 0 Å². The highest BCUT2D eigenvalue weighted by Crippen LogP contribution is 2.35. The van der Waals surface area contributed by atoms with E-state index in [1.165, 1.54) is 25.3 Å². The van der Waals surface area contributed by atoms with Crippen LogP contribution in [0, 0.1) is 10.1 Å². The number of nitrogens with zero attached hydrogens (tertiary/aromatic N) is 1. The highest BCUT2D eigenvalue weighted by molar-refractivity contribution is 5.68. The van der Waals surface area contributed by atoms with Crippen molar-refractivity contribution < 1.29 is 24.7 Å². The lowest BCUT2D eigenvalue weighted by Crippen LogP contribution is -2.08. The molecule has 0 spiro atoms. The molecule has 92 valence electrons. The zero-order chi connectivity index (χ0) is 13.0. The standard InChI is InChI=1S/C10H11NO6/c1-17-8-4-2-3-6(10(8)11(15)16)7(12)5-9(13)14/h2-4,7,12H,5H2,1H3,(H,13,14). The van der Waals surface area contributed by atoms with Crippen molar-refractivity contribution in [1.82, 2.24) is 0 Å². The van der Waals surface area contributed by atoms with E-state index >= 15 is 0 Å². The van der Waals surface area contributed by atoms with Crippen LogP contribution in [0.2, 0.25) is 0 Å². The minimum atomic E-state index is -1.44. The number of benzene rings is 1. The summed E-state index contributed by atoms with van der Waals surface area (Å²) in [7, 11) is 1.26. The number of ether oxygens (including phenoxy) is 1. The molecule has 2 N–H and O–H groups in total. The third-order valence-corrected chi connectivity index (χ3v) is 2.16. The molecular formula is C10H11NO6.